The van der Waals surface area contributed by atoms with E-state index in [-0.39, 0.29) is 6.61 Å². The Morgan fingerprint density at radius 3 is 2.50 bits per heavy atom. The molecule has 0 radical (unpaired) electrons. The first-order chi connectivity index (χ1) is 6.65. The summed E-state index contributed by atoms with van der Waals surface area (Å²) in [4.78, 5) is 2.02. The van der Waals surface area contributed by atoms with E-state index < -0.39 is 0 Å². The molecule has 0 aliphatic carbocycles. The van der Waals surface area contributed by atoms with Crippen LogP contribution in [0, 0.1) is 6.92 Å². The van der Waals surface area contributed by atoms with E-state index >= 15 is 0 Å². The summed E-state index contributed by atoms with van der Waals surface area (Å²) in [5.74, 6) is 0.819. The average Bonchev–Trinajstić information content (AvgIpc) is 2.15. The van der Waals surface area contributed by atoms with Gasteiger partial charge in [0.15, 0.2) is 5.82 Å². The first-order valence-corrected chi connectivity index (χ1v) is 4.83. The maximum atomic E-state index is 8.91. The zero-order valence-electron chi connectivity index (χ0n) is 8.94. The second kappa shape index (κ2) is 4.91. The molecule has 0 saturated heterocycles. The molecular weight excluding hydrogens is 178 g/mol. The molecule has 78 valence electrons. The van der Waals surface area contributed by atoms with Gasteiger partial charge < -0.3 is 10.0 Å². The van der Waals surface area contributed by atoms with Crippen LogP contribution in [-0.4, -0.2) is 34.5 Å². The van der Waals surface area contributed by atoms with Gasteiger partial charge >= 0.3 is 0 Å². The quantitative estimate of drug-likeness (QED) is 0.778. The lowest BCUT2D eigenvalue weighted by atomic mass is 10.3. The Morgan fingerprint density at radius 1 is 1.36 bits per heavy atom. The van der Waals surface area contributed by atoms with Crippen molar-refractivity contribution in [1.82, 2.24) is 10.2 Å². The average molecular weight is 195 g/mol. The van der Waals surface area contributed by atoms with E-state index in [9.17, 15) is 0 Å². The molecule has 1 heterocycles. The van der Waals surface area contributed by atoms with E-state index in [0.717, 1.165) is 11.5 Å². The Kier molecular flexibility index (Phi) is 3.83. The highest BCUT2D eigenvalue weighted by atomic mass is 16.3. The van der Waals surface area contributed by atoms with Crippen molar-refractivity contribution in [3.8, 4) is 0 Å². The van der Waals surface area contributed by atoms with Gasteiger partial charge in [0, 0.05) is 12.6 Å². The lowest BCUT2D eigenvalue weighted by molar-refractivity contribution is 0.298. The minimum Gasteiger partial charge on any atom is -0.395 e. The van der Waals surface area contributed by atoms with Crippen LogP contribution in [0.25, 0.3) is 0 Å². The van der Waals surface area contributed by atoms with Crippen LogP contribution >= 0.6 is 0 Å². The number of aliphatic hydroxyl groups excluding tert-OH is 1. The van der Waals surface area contributed by atoms with E-state index in [4.69, 9.17) is 5.11 Å². The predicted molar refractivity (Wildman–Crippen MR) is 56.3 cm³/mol. The molecule has 1 N–H and O–H groups in total. The summed E-state index contributed by atoms with van der Waals surface area (Å²) >= 11 is 0. The van der Waals surface area contributed by atoms with Crippen LogP contribution in [0.3, 0.4) is 0 Å². The Hall–Kier alpha value is -1.16. The van der Waals surface area contributed by atoms with Crippen molar-refractivity contribution in [2.45, 2.75) is 26.8 Å². The van der Waals surface area contributed by atoms with Crippen LogP contribution in [0.15, 0.2) is 12.1 Å². The van der Waals surface area contributed by atoms with Crippen molar-refractivity contribution in [1.29, 1.82) is 0 Å². The predicted octanol–water partition coefficient (Wildman–Crippen LogP) is 0.992. The van der Waals surface area contributed by atoms with Crippen LogP contribution in [0.1, 0.15) is 19.5 Å². The molecular formula is C10H17N3O. The van der Waals surface area contributed by atoms with Crippen molar-refractivity contribution in [3.63, 3.8) is 0 Å². The highest BCUT2D eigenvalue weighted by Crippen LogP contribution is 2.12. The van der Waals surface area contributed by atoms with Crippen LogP contribution in [0.2, 0.25) is 0 Å². The summed E-state index contributed by atoms with van der Waals surface area (Å²) in [5.41, 5.74) is 0.904. The van der Waals surface area contributed by atoms with Gasteiger partial charge in [-0.1, -0.05) is 0 Å². The standard InChI is InChI=1S/C10H17N3O/c1-8(2)13(6-7-14)10-5-4-9(3)11-12-10/h4-5,8,14H,6-7H2,1-3H3. The van der Waals surface area contributed by atoms with Crippen molar-refractivity contribution < 1.29 is 5.11 Å². The number of anilines is 1. The van der Waals surface area contributed by atoms with Gasteiger partial charge in [-0.3, -0.25) is 0 Å². The number of rotatable bonds is 4. The van der Waals surface area contributed by atoms with E-state index in [2.05, 4.69) is 24.0 Å². The van der Waals surface area contributed by atoms with Gasteiger partial charge in [0.25, 0.3) is 0 Å². The van der Waals surface area contributed by atoms with Gasteiger partial charge in [-0.05, 0) is 32.9 Å². The third-order valence-corrected chi connectivity index (χ3v) is 2.04. The molecule has 0 fully saturated rings. The normalized spacial score (nSPS) is 10.6. The van der Waals surface area contributed by atoms with Gasteiger partial charge in [-0.2, -0.15) is 5.10 Å². The highest BCUT2D eigenvalue weighted by Gasteiger charge is 2.10. The van der Waals surface area contributed by atoms with Crippen LogP contribution < -0.4 is 4.90 Å². The minimum absolute atomic E-state index is 0.133. The number of aliphatic hydroxyl groups is 1. The van der Waals surface area contributed by atoms with Crippen molar-refractivity contribution in [2.24, 2.45) is 0 Å². The molecule has 0 atom stereocenters. The number of aromatic nitrogens is 2. The first-order valence-electron chi connectivity index (χ1n) is 4.83. The van der Waals surface area contributed by atoms with Gasteiger partial charge in [0.2, 0.25) is 0 Å². The summed E-state index contributed by atoms with van der Waals surface area (Å²) in [7, 11) is 0. The maximum absolute atomic E-state index is 8.91. The zero-order valence-corrected chi connectivity index (χ0v) is 8.94. The van der Waals surface area contributed by atoms with Gasteiger partial charge in [0.05, 0.1) is 12.3 Å². The topological polar surface area (TPSA) is 49.2 Å². The monoisotopic (exact) mass is 195 g/mol. The second-order valence-corrected chi connectivity index (χ2v) is 3.54. The van der Waals surface area contributed by atoms with Gasteiger partial charge in [-0.25, -0.2) is 0 Å². The number of hydrogen-bond donors (Lipinski definition) is 1. The first kappa shape index (κ1) is 10.9. The SMILES string of the molecule is Cc1ccc(N(CCO)C(C)C)nn1. The largest absolute Gasteiger partial charge is 0.395 e. The minimum atomic E-state index is 0.133. The molecule has 0 aliphatic heterocycles. The van der Waals surface area contributed by atoms with Crippen molar-refractivity contribution >= 4 is 5.82 Å². The fourth-order valence-corrected chi connectivity index (χ4v) is 1.29. The van der Waals surface area contributed by atoms with Crippen LogP contribution in [0.5, 0.6) is 0 Å². The highest BCUT2D eigenvalue weighted by molar-refractivity contribution is 5.38. The third-order valence-electron chi connectivity index (χ3n) is 2.04. The molecule has 1 aromatic rings. The molecule has 4 heteroatoms. The summed E-state index contributed by atoms with van der Waals surface area (Å²) in [6, 6.07) is 4.17. The van der Waals surface area contributed by atoms with E-state index in [1.807, 2.05) is 24.0 Å². The molecule has 14 heavy (non-hydrogen) atoms. The van der Waals surface area contributed by atoms with E-state index in [0.29, 0.717) is 12.6 Å². The zero-order chi connectivity index (χ0) is 10.6. The molecule has 0 saturated carbocycles. The lowest BCUT2D eigenvalue weighted by Crippen LogP contribution is -2.34. The smallest absolute Gasteiger partial charge is 0.151 e. The van der Waals surface area contributed by atoms with E-state index in [1.54, 1.807) is 0 Å². The number of aryl methyl sites for hydroxylation is 1. The Morgan fingerprint density at radius 2 is 2.07 bits per heavy atom. The fraction of sp³-hybridized carbons (Fsp3) is 0.600. The third kappa shape index (κ3) is 2.67. The second-order valence-electron chi connectivity index (χ2n) is 3.54. The summed E-state index contributed by atoms with van der Waals surface area (Å²) in [6.07, 6.45) is 0. The molecule has 0 amide bonds. The van der Waals surface area contributed by atoms with Gasteiger partial charge in [0.1, 0.15) is 0 Å². The Bertz CT molecular complexity index is 271. The van der Waals surface area contributed by atoms with E-state index in [1.165, 1.54) is 0 Å². The summed E-state index contributed by atoms with van der Waals surface area (Å²) in [5, 5.41) is 17.0. The number of nitrogens with zero attached hydrogens (tertiary/aromatic N) is 3. The molecule has 0 unspecified atom stereocenters. The van der Waals surface area contributed by atoms with Crippen LogP contribution in [-0.2, 0) is 0 Å². The summed E-state index contributed by atoms with van der Waals surface area (Å²) < 4.78 is 0. The summed E-state index contributed by atoms with van der Waals surface area (Å²) in [6.45, 7) is 6.76. The molecule has 0 aliphatic rings. The Balaban J connectivity index is 2.82. The molecule has 0 bridgehead atoms. The van der Waals surface area contributed by atoms with Crippen LogP contribution in [0.4, 0.5) is 5.82 Å². The fourth-order valence-electron chi connectivity index (χ4n) is 1.29. The molecule has 1 rings (SSSR count). The van der Waals surface area contributed by atoms with Crippen molar-refractivity contribution in [3.05, 3.63) is 17.8 Å². The number of hydrogen-bond acceptors (Lipinski definition) is 4. The van der Waals surface area contributed by atoms with Gasteiger partial charge in [-0.15, -0.1) is 5.10 Å². The maximum Gasteiger partial charge on any atom is 0.151 e. The molecule has 0 aromatic carbocycles. The molecule has 1 aromatic heterocycles. The molecule has 4 nitrogen and oxygen atoms in total. The Labute approximate surface area is 84.6 Å². The molecule has 0 spiro atoms. The van der Waals surface area contributed by atoms with Crippen molar-refractivity contribution in [2.75, 3.05) is 18.1 Å². The lowest BCUT2D eigenvalue weighted by Gasteiger charge is -2.26.